The van der Waals surface area contributed by atoms with Gasteiger partial charge in [0, 0.05) is 49.6 Å². The maximum atomic E-state index is 13.9. The Bertz CT molecular complexity index is 1660. The number of benzene rings is 3. The average Bonchev–Trinajstić information content (AvgIpc) is 3.46. The highest BCUT2D eigenvalue weighted by Gasteiger charge is 2.34. The first-order valence-corrected chi connectivity index (χ1v) is 15.4. The van der Waals surface area contributed by atoms with Crippen LogP contribution in [0.1, 0.15) is 59.7 Å². The number of hydrogen-bond donors (Lipinski definition) is 2. The Morgan fingerprint density at radius 1 is 1.09 bits per heavy atom. The zero-order valence-electron chi connectivity index (χ0n) is 25.8. The number of carbonyl (C=O) groups excluding carboxylic acids is 1. The van der Waals surface area contributed by atoms with Crippen molar-refractivity contribution in [3.05, 3.63) is 119 Å². The molecule has 0 saturated carbocycles. The number of alkyl halides is 3. The molecule has 0 aliphatic heterocycles. The minimum absolute atomic E-state index is 0.0498. The standard InChI is InChI=1S/C35H37F3N6OS/c1-24(2)27-11-13-30(14-12-27)42-34(46)43(21-28-5-3-4-6-32(28)35(36,37)38)22-29(15-16-39)33(45)17-31-19-41-23-44(31)20-26-9-7-25(18-40)8-10-26/h3-14,19,23-24,29H,15-17,20-22,39H2,1-2H3,(H,42,46)/t29-/m0/s1. The summed E-state index contributed by atoms with van der Waals surface area (Å²) in [5.74, 6) is -0.394. The van der Waals surface area contributed by atoms with Crippen LogP contribution in [-0.4, -0.2) is 38.4 Å². The van der Waals surface area contributed by atoms with Gasteiger partial charge in [0.1, 0.15) is 5.78 Å². The fourth-order valence-corrected chi connectivity index (χ4v) is 5.43. The summed E-state index contributed by atoms with van der Waals surface area (Å²) in [6.07, 6.45) is -0.894. The number of rotatable bonds is 13. The second kappa shape index (κ2) is 15.7. The number of thiocarbonyl (C=S) groups is 1. The number of nitriles is 1. The van der Waals surface area contributed by atoms with Gasteiger partial charge in [-0.1, -0.05) is 56.3 Å². The van der Waals surface area contributed by atoms with E-state index in [4.69, 9.17) is 23.2 Å². The number of anilines is 1. The second-order valence-corrected chi connectivity index (χ2v) is 11.9. The van der Waals surface area contributed by atoms with E-state index >= 15 is 0 Å². The van der Waals surface area contributed by atoms with Crippen LogP contribution in [0.2, 0.25) is 0 Å². The molecular formula is C35H37F3N6OS. The van der Waals surface area contributed by atoms with Crippen LogP contribution < -0.4 is 11.1 Å². The fraction of sp³-hybridized carbons (Fsp3) is 0.314. The van der Waals surface area contributed by atoms with Crippen molar-refractivity contribution in [1.29, 1.82) is 5.26 Å². The van der Waals surface area contributed by atoms with Crippen molar-refractivity contribution in [3.8, 4) is 6.07 Å². The molecule has 1 atom stereocenters. The smallest absolute Gasteiger partial charge is 0.344 e. The molecular weight excluding hydrogens is 609 g/mol. The Kier molecular flexibility index (Phi) is 11.7. The number of ketones is 1. The number of imidazole rings is 1. The van der Waals surface area contributed by atoms with Crippen LogP contribution in [-0.2, 0) is 30.5 Å². The molecule has 4 rings (SSSR count). The second-order valence-electron chi connectivity index (χ2n) is 11.5. The van der Waals surface area contributed by atoms with Gasteiger partial charge >= 0.3 is 6.18 Å². The number of nitrogens with zero attached hydrogens (tertiary/aromatic N) is 4. The zero-order valence-corrected chi connectivity index (χ0v) is 26.6. The molecule has 3 N–H and O–H groups in total. The van der Waals surface area contributed by atoms with Gasteiger partial charge in [-0.2, -0.15) is 18.4 Å². The number of Topliss-reactive ketones (excluding diaryl/α,β-unsaturated/α-hetero) is 1. The van der Waals surface area contributed by atoms with Gasteiger partial charge in [-0.25, -0.2) is 4.98 Å². The molecule has 0 spiro atoms. The van der Waals surface area contributed by atoms with Gasteiger partial charge in [0.2, 0.25) is 0 Å². The van der Waals surface area contributed by atoms with E-state index in [9.17, 15) is 18.0 Å². The van der Waals surface area contributed by atoms with Gasteiger partial charge in [0.05, 0.1) is 23.5 Å². The van der Waals surface area contributed by atoms with E-state index in [1.54, 1.807) is 35.6 Å². The van der Waals surface area contributed by atoms with Crippen LogP contribution in [0.15, 0.2) is 85.3 Å². The summed E-state index contributed by atoms with van der Waals surface area (Å²) in [5, 5.41) is 12.4. The topological polar surface area (TPSA) is 100.0 Å². The normalized spacial score (nSPS) is 12.0. The molecule has 0 fully saturated rings. The van der Waals surface area contributed by atoms with Crippen LogP contribution in [0.3, 0.4) is 0 Å². The lowest BCUT2D eigenvalue weighted by atomic mass is 9.95. The quantitative estimate of drug-likeness (QED) is 0.152. The summed E-state index contributed by atoms with van der Waals surface area (Å²) in [5.41, 5.74) is 9.25. The summed E-state index contributed by atoms with van der Waals surface area (Å²) >= 11 is 5.75. The molecule has 0 amide bonds. The Balaban J connectivity index is 1.57. The molecule has 3 aromatic carbocycles. The predicted molar refractivity (Wildman–Crippen MR) is 177 cm³/mol. The molecule has 0 unspecified atom stereocenters. The minimum atomic E-state index is -4.55. The third-order valence-electron chi connectivity index (χ3n) is 7.80. The molecule has 0 aliphatic carbocycles. The lowest BCUT2D eigenvalue weighted by Crippen LogP contribution is -2.41. The first-order chi connectivity index (χ1) is 22.0. The molecule has 11 heteroatoms. The molecule has 1 aromatic heterocycles. The number of carbonyl (C=O) groups is 1. The van der Waals surface area contributed by atoms with Gasteiger partial charge in [-0.15, -0.1) is 0 Å². The van der Waals surface area contributed by atoms with Crippen molar-refractivity contribution in [1.82, 2.24) is 14.5 Å². The molecule has 4 aromatic rings. The number of nitrogens with one attached hydrogen (secondary N) is 1. The number of aromatic nitrogens is 2. The Labute approximate surface area is 272 Å². The molecule has 46 heavy (non-hydrogen) atoms. The van der Waals surface area contributed by atoms with Crippen LogP contribution in [0.25, 0.3) is 0 Å². The minimum Gasteiger partial charge on any atom is -0.344 e. The van der Waals surface area contributed by atoms with Crippen molar-refractivity contribution < 1.29 is 18.0 Å². The van der Waals surface area contributed by atoms with Crippen LogP contribution in [0.5, 0.6) is 0 Å². The first-order valence-electron chi connectivity index (χ1n) is 15.0. The van der Waals surface area contributed by atoms with Crippen molar-refractivity contribution >= 4 is 28.8 Å². The average molecular weight is 647 g/mol. The van der Waals surface area contributed by atoms with Gasteiger partial charge in [-0.05, 0) is 78.1 Å². The van der Waals surface area contributed by atoms with E-state index < -0.39 is 17.7 Å². The summed E-state index contributed by atoms with van der Waals surface area (Å²) in [7, 11) is 0. The van der Waals surface area contributed by atoms with Crippen molar-refractivity contribution in [2.75, 3.05) is 18.4 Å². The highest BCUT2D eigenvalue weighted by atomic mass is 32.1. The molecule has 0 radical (unpaired) electrons. The first kappa shape index (κ1) is 34.3. The highest BCUT2D eigenvalue weighted by Crippen LogP contribution is 2.33. The van der Waals surface area contributed by atoms with E-state index in [1.165, 1.54) is 12.1 Å². The largest absolute Gasteiger partial charge is 0.416 e. The molecule has 0 saturated heterocycles. The van der Waals surface area contributed by atoms with Crippen LogP contribution >= 0.6 is 12.2 Å². The molecule has 0 aliphatic rings. The molecule has 1 heterocycles. The lowest BCUT2D eigenvalue weighted by Gasteiger charge is -2.30. The van der Waals surface area contributed by atoms with Crippen molar-refractivity contribution in [3.63, 3.8) is 0 Å². The number of hydrogen-bond acceptors (Lipinski definition) is 5. The van der Waals surface area contributed by atoms with Crippen molar-refractivity contribution in [2.24, 2.45) is 11.7 Å². The molecule has 0 bridgehead atoms. The van der Waals surface area contributed by atoms with E-state index in [-0.39, 0.29) is 42.5 Å². The van der Waals surface area contributed by atoms with E-state index in [0.717, 1.165) is 17.2 Å². The SMILES string of the molecule is CC(C)c1ccc(NC(=S)N(Cc2ccccc2C(F)(F)F)C[C@H](CCN)C(=O)Cc2cncn2Cc2ccc(C#N)cc2)cc1. The fourth-order valence-electron chi connectivity index (χ4n) is 5.18. The predicted octanol–water partition coefficient (Wildman–Crippen LogP) is 6.92. The van der Waals surface area contributed by atoms with Crippen molar-refractivity contribution in [2.45, 2.75) is 51.9 Å². The summed E-state index contributed by atoms with van der Waals surface area (Å²) in [4.78, 5) is 19.6. The Morgan fingerprint density at radius 2 is 1.78 bits per heavy atom. The Morgan fingerprint density at radius 3 is 2.41 bits per heavy atom. The zero-order chi connectivity index (χ0) is 33.3. The van der Waals surface area contributed by atoms with Gasteiger partial charge in [0.15, 0.2) is 5.11 Å². The van der Waals surface area contributed by atoms with E-state index in [2.05, 4.69) is 30.2 Å². The van der Waals surface area contributed by atoms with E-state index in [0.29, 0.717) is 35.8 Å². The van der Waals surface area contributed by atoms with Gasteiger partial charge in [0.25, 0.3) is 0 Å². The summed E-state index contributed by atoms with van der Waals surface area (Å²) in [6, 6.07) is 22.3. The van der Waals surface area contributed by atoms with Crippen LogP contribution in [0.4, 0.5) is 18.9 Å². The Hall–Kier alpha value is -4.53. The third-order valence-corrected chi connectivity index (χ3v) is 8.16. The van der Waals surface area contributed by atoms with Gasteiger partial charge in [-0.3, -0.25) is 4.79 Å². The van der Waals surface area contributed by atoms with E-state index in [1.807, 2.05) is 41.0 Å². The number of nitrogens with two attached hydrogens (primary N) is 1. The summed E-state index contributed by atoms with van der Waals surface area (Å²) < 4.78 is 43.7. The third kappa shape index (κ3) is 9.25. The molecule has 240 valence electrons. The lowest BCUT2D eigenvalue weighted by molar-refractivity contribution is -0.138. The highest BCUT2D eigenvalue weighted by molar-refractivity contribution is 7.80. The number of halogens is 3. The maximum absolute atomic E-state index is 13.9. The maximum Gasteiger partial charge on any atom is 0.416 e. The van der Waals surface area contributed by atoms with Gasteiger partial charge < -0.3 is 20.5 Å². The molecule has 7 nitrogen and oxygen atoms in total. The van der Waals surface area contributed by atoms with Crippen LogP contribution in [0, 0.1) is 17.2 Å². The summed E-state index contributed by atoms with van der Waals surface area (Å²) in [6.45, 7) is 4.76. The monoisotopic (exact) mass is 646 g/mol.